The highest BCUT2D eigenvalue weighted by atomic mass is 79.9. The number of hydrogen-bond donors (Lipinski definition) is 1. The number of piperazine rings is 1. The van der Waals surface area contributed by atoms with Crippen LogP contribution in [0.15, 0.2) is 34.9 Å². The summed E-state index contributed by atoms with van der Waals surface area (Å²) < 4.78 is 0.873. The summed E-state index contributed by atoms with van der Waals surface area (Å²) in [4.78, 5) is 29.8. The van der Waals surface area contributed by atoms with Crippen molar-refractivity contribution < 1.29 is 9.59 Å². The van der Waals surface area contributed by atoms with Crippen molar-refractivity contribution in [2.24, 2.45) is 0 Å². The third-order valence-corrected chi connectivity index (χ3v) is 3.80. The first-order valence-electron chi connectivity index (χ1n) is 6.22. The van der Waals surface area contributed by atoms with Gasteiger partial charge in [-0.1, -0.05) is 12.1 Å². The Balaban J connectivity index is 2.18. The maximum absolute atomic E-state index is 12.1. The molecule has 20 heavy (non-hydrogen) atoms. The molecule has 0 radical (unpaired) electrons. The predicted octanol–water partition coefficient (Wildman–Crippen LogP) is 1.85. The maximum Gasteiger partial charge on any atom is 0.247 e. The van der Waals surface area contributed by atoms with Gasteiger partial charge in [0.05, 0.1) is 17.7 Å². The second-order valence-electron chi connectivity index (χ2n) is 4.66. The minimum absolute atomic E-state index is 0.0239. The van der Waals surface area contributed by atoms with Crippen molar-refractivity contribution >= 4 is 44.3 Å². The molecule has 2 amide bonds. The quantitative estimate of drug-likeness (QED) is 0.866. The van der Waals surface area contributed by atoms with Crippen LogP contribution in [0, 0.1) is 0 Å². The number of benzene rings is 1. The maximum atomic E-state index is 12.1. The Kier molecular flexibility index (Phi) is 3.17. The van der Waals surface area contributed by atoms with Crippen molar-refractivity contribution in [3.8, 4) is 0 Å². The summed E-state index contributed by atoms with van der Waals surface area (Å²) in [7, 11) is 0. The lowest BCUT2D eigenvalue weighted by Crippen LogP contribution is -2.57. The normalized spacial score (nSPS) is 19.3. The molecule has 6 heteroatoms. The number of nitrogens with one attached hydrogen (secondary N) is 1. The van der Waals surface area contributed by atoms with Gasteiger partial charge in [0, 0.05) is 16.1 Å². The molecule has 2 heterocycles. The van der Waals surface area contributed by atoms with Crippen LogP contribution in [0.3, 0.4) is 0 Å². The van der Waals surface area contributed by atoms with Gasteiger partial charge in [0.15, 0.2) is 0 Å². The molecule has 2 aromatic rings. The number of carbonyl (C=O) groups excluding carboxylic acids is 2. The highest BCUT2D eigenvalue weighted by Crippen LogP contribution is 2.29. The van der Waals surface area contributed by atoms with E-state index in [0.29, 0.717) is 11.2 Å². The first-order chi connectivity index (χ1) is 9.58. The first-order valence-corrected chi connectivity index (χ1v) is 7.01. The van der Waals surface area contributed by atoms with E-state index in [1.807, 2.05) is 24.3 Å². The van der Waals surface area contributed by atoms with Crippen LogP contribution in [-0.4, -0.2) is 29.4 Å². The van der Waals surface area contributed by atoms with E-state index in [0.717, 1.165) is 9.86 Å². The van der Waals surface area contributed by atoms with E-state index in [9.17, 15) is 9.59 Å². The molecule has 1 aliphatic heterocycles. The number of pyridine rings is 1. The number of nitrogens with zero attached hydrogens (tertiary/aromatic N) is 2. The third-order valence-electron chi connectivity index (χ3n) is 3.37. The summed E-state index contributed by atoms with van der Waals surface area (Å²) in [5.41, 5.74) is 1.38. The highest BCUT2D eigenvalue weighted by Gasteiger charge is 2.33. The Morgan fingerprint density at radius 1 is 1.40 bits per heavy atom. The van der Waals surface area contributed by atoms with Gasteiger partial charge in [-0.25, -0.2) is 0 Å². The van der Waals surface area contributed by atoms with E-state index >= 15 is 0 Å². The van der Waals surface area contributed by atoms with Crippen molar-refractivity contribution in [3.05, 3.63) is 34.9 Å². The largest absolute Gasteiger partial charge is 0.345 e. The molecule has 0 saturated carbocycles. The van der Waals surface area contributed by atoms with E-state index in [2.05, 4.69) is 26.2 Å². The molecule has 1 fully saturated rings. The van der Waals surface area contributed by atoms with Crippen LogP contribution in [0.5, 0.6) is 0 Å². The zero-order valence-corrected chi connectivity index (χ0v) is 12.3. The highest BCUT2D eigenvalue weighted by molar-refractivity contribution is 9.10. The fourth-order valence-electron chi connectivity index (χ4n) is 2.38. The average Bonchev–Trinajstić information content (AvgIpc) is 2.43. The van der Waals surface area contributed by atoms with Crippen LogP contribution in [0.25, 0.3) is 10.9 Å². The molecule has 1 saturated heterocycles. The molecule has 0 aliphatic carbocycles. The van der Waals surface area contributed by atoms with Gasteiger partial charge >= 0.3 is 0 Å². The fraction of sp³-hybridized carbons (Fsp3) is 0.214. The summed E-state index contributed by atoms with van der Waals surface area (Å²) in [6.07, 6.45) is 1.69. The van der Waals surface area contributed by atoms with Gasteiger partial charge in [-0.2, -0.15) is 0 Å². The summed E-state index contributed by atoms with van der Waals surface area (Å²) in [6.45, 7) is 1.74. The second-order valence-corrected chi connectivity index (χ2v) is 5.58. The van der Waals surface area contributed by atoms with E-state index < -0.39 is 6.04 Å². The second kappa shape index (κ2) is 4.86. The van der Waals surface area contributed by atoms with Gasteiger partial charge in [-0.3, -0.25) is 19.5 Å². The minimum atomic E-state index is -0.535. The van der Waals surface area contributed by atoms with Crippen LogP contribution >= 0.6 is 15.9 Å². The standard InChI is InChI=1S/C14H12BrN3O2/c1-8-14(20)17-7-12(19)18(8)11-4-2-3-9-5-10(15)6-16-13(9)11/h2-6,8H,7H2,1H3,(H,17,20). The molecule has 3 rings (SSSR count). The van der Waals surface area contributed by atoms with Gasteiger partial charge in [-0.05, 0) is 35.0 Å². The summed E-state index contributed by atoms with van der Waals surface area (Å²) in [5, 5.41) is 3.50. The minimum Gasteiger partial charge on any atom is -0.345 e. The number of hydrogen-bond acceptors (Lipinski definition) is 3. The van der Waals surface area contributed by atoms with E-state index in [-0.39, 0.29) is 18.4 Å². The smallest absolute Gasteiger partial charge is 0.247 e. The van der Waals surface area contributed by atoms with Gasteiger partial charge in [0.2, 0.25) is 11.8 Å². The number of aromatic nitrogens is 1. The topological polar surface area (TPSA) is 62.3 Å². The zero-order valence-electron chi connectivity index (χ0n) is 10.8. The summed E-state index contributed by atoms with van der Waals surface area (Å²) >= 11 is 3.38. The number of rotatable bonds is 1. The Morgan fingerprint density at radius 3 is 3.00 bits per heavy atom. The average molecular weight is 334 g/mol. The van der Waals surface area contributed by atoms with Gasteiger partial charge in [0.25, 0.3) is 0 Å². The monoisotopic (exact) mass is 333 g/mol. The van der Waals surface area contributed by atoms with E-state index in [1.54, 1.807) is 13.1 Å². The number of fused-ring (bicyclic) bond motifs is 1. The fourth-order valence-corrected chi connectivity index (χ4v) is 2.73. The lowest BCUT2D eigenvalue weighted by Gasteiger charge is -2.33. The van der Waals surface area contributed by atoms with Crippen molar-refractivity contribution in [2.75, 3.05) is 11.4 Å². The lowest BCUT2D eigenvalue weighted by molar-refractivity contribution is -0.130. The van der Waals surface area contributed by atoms with Gasteiger partial charge < -0.3 is 5.32 Å². The van der Waals surface area contributed by atoms with Crippen LogP contribution in [0.4, 0.5) is 5.69 Å². The van der Waals surface area contributed by atoms with Crippen LogP contribution in [-0.2, 0) is 9.59 Å². The molecule has 1 aromatic heterocycles. The summed E-state index contributed by atoms with van der Waals surface area (Å²) in [5.74, 6) is -0.284. The molecular weight excluding hydrogens is 322 g/mol. The Hall–Kier alpha value is -1.95. The first kappa shape index (κ1) is 13.1. The molecule has 102 valence electrons. The van der Waals surface area contributed by atoms with Crippen LogP contribution in [0.1, 0.15) is 6.92 Å². The van der Waals surface area contributed by atoms with E-state index in [4.69, 9.17) is 0 Å². The molecule has 1 N–H and O–H groups in total. The SMILES string of the molecule is CC1C(=O)NCC(=O)N1c1cccc2cc(Br)cnc12. The van der Waals surface area contributed by atoms with E-state index in [1.165, 1.54) is 4.90 Å². The van der Waals surface area contributed by atoms with Gasteiger partial charge in [-0.15, -0.1) is 0 Å². The number of carbonyl (C=O) groups is 2. The molecule has 5 nitrogen and oxygen atoms in total. The molecule has 0 spiro atoms. The van der Waals surface area contributed by atoms with Crippen molar-refractivity contribution in [3.63, 3.8) is 0 Å². The zero-order chi connectivity index (χ0) is 14.3. The van der Waals surface area contributed by atoms with Crippen LogP contribution < -0.4 is 10.2 Å². The molecule has 1 aromatic carbocycles. The number of anilines is 1. The molecule has 1 aliphatic rings. The molecule has 0 bridgehead atoms. The third kappa shape index (κ3) is 2.06. The number of para-hydroxylation sites is 1. The van der Waals surface area contributed by atoms with Gasteiger partial charge in [0.1, 0.15) is 6.04 Å². The van der Waals surface area contributed by atoms with Crippen LogP contribution in [0.2, 0.25) is 0 Å². The molecule has 1 atom stereocenters. The Bertz CT molecular complexity index is 717. The predicted molar refractivity (Wildman–Crippen MR) is 79.4 cm³/mol. The Morgan fingerprint density at radius 2 is 2.20 bits per heavy atom. The molecule has 1 unspecified atom stereocenters. The summed E-state index contributed by atoms with van der Waals surface area (Å²) in [6, 6.07) is 7.00. The lowest BCUT2D eigenvalue weighted by atomic mass is 10.1. The van der Waals surface area contributed by atoms with Crippen molar-refractivity contribution in [1.29, 1.82) is 0 Å². The number of amides is 2. The Labute approximate surface area is 124 Å². The molecular formula is C14H12BrN3O2. The van der Waals surface area contributed by atoms with Crippen molar-refractivity contribution in [2.45, 2.75) is 13.0 Å². The van der Waals surface area contributed by atoms with Crippen molar-refractivity contribution in [1.82, 2.24) is 10.3 Å². The number of halogens is 1.